The van der Waals surface area contributed by atoms with E-state index >= 15 is 0 Å². The number of rotatable bonds is 17. The molecule has 150 valence electrons. The first-order valence-corrected chi connectivity index (χ1v) is 8.59. The minimum absolute atomic E-state index is 0.110. The maximum absolute atomic E-state index is 10.8. The van der Waals surface area contributed by atoms with E-state index in [0.717, 1.165) is 37.8 Å². The smallest absolute Gasteiger partial charge is 0.330 e. The molecule has 0 saturated carbocycles. The fraction of sp³-hybridized carbons (Fsp3) is 0.667. The summed E-state index contributed by atoms with van der Waals surface area (Å²) in [6.45, 7) is 7.55. The number of ether oxygens (including phenoxy) is 4. The maximum Gasteiger partial charge on any atom is 0.330 e. The Morgan fingerprint density at radius 3 is 1.46 bits per heavy atom. The molecule has 0 fully saturated rings. The molecular weight excluding hydrogens is 344 g/mol. The molecule has 0 heterocycles. The minimum atomic E-state index is -0.843. The maximum atomic E-state index is 10.8. The lowest BCUT2D eigenvalue weighted by Gasteiger charge is -2.11. The first-order valence-electron chi connectivity index (χ1n) is 8.59. The van der Waals surface area contributed by atoms with Crippen molar-refractivity contribution in [2.75, 3.05) is 39.6 Å². The van der Waals surface area contributed by atoms with Crippen molar-refractivity contribution in [1.29, 1.82) is 0 Å². The summed E-state index contributed by atoms with van der Waals surface area (Å²) in [5.41, 5.74) is 0. The van der Waals surface area contributed by atoms with Gasteiger partial charge in [0.1, 0.15) is 25.4 Å². The highest BCUT2D eigenvalue weighted by Crippen LogP contribution is 2.02. The van der Waals surface area contributed by atoms with E-state index in [4.69, 9.17) is 9.47 Å². The fourth-order valence-electron chi connectivity index (χ4n) is 1.77. The first-order chi connectivity index (χ1) is 12.5. The quantitative estimate of drug-likeness (QED) is 0.218. The Bertz CT molecular complexity index is 372. The highest BCUT2D eigenvalue weighted by Gasteiger charge is 2.07. The zero-order valence-corrected chi connectivity index (χ0v) is 15.1. The van der Waals surface area contributed by atoms with Gasteiger partial charge in [-0.3, -0.25) is 0 Å². The summed E-state index contributed by atoms with van der Waals surface area (Å²) in [4.78, 5) is 21.6. The molecule has 0 unspecified atom stereocenters. The lowest BCUT2D eigenvalue weighted by molar-refractivity contribution is -0.142. The van der Waals surface area contributed by atoms with Crippen LogP contribution >= 0.6 is 0 Å². The summed E-state index contributed by atoms with van der Waals surface area (Å²) in [6.07, 6.45) is 3.98. The lowest BCUT2D eigenvalue weighted by atomic mass is 10.2. The summed E-state index contributed by atoms with van der Waals surface area (Å²) in [5.74, 6) is -1.15. The number of esters is 2. The third-order valence-electron chi connectivity index (χ3n) is 3.12. The van der Waals surface area contributed by atoms with Crippen molar-refractivity contribution in [1.82, 2.24) is 0 Å². The van der Waals surface area contributed by atoms with Gasteiger partial charge in [0.05, 0.1) is 13.2 Å². The second-order valence-electron chi connectivity index (χ2n) is 5.54. The van der Waals surface area contributed by atoms with Crippen molar-refractivity contribution in [3.8, 4) is 0 Å². The van der Waals surface area contributed by atoms with Gasteiger partial charge in [0.2, 0.25) is 0 Å². The van der Waals surface area contributed by atoms with Gasteiger partial charge >= 0.3 is 11.9 Å². The lowest BCUT2D eigenvalue weighted by Crippen LogP contribution is -2.23. The summed E-state index contributed by atoms with van der Waals surface area (Å²) in [7, 11) is 0. The Morgan fingerprint density at radius 1 is 0.731 bits per heavy atom. The number of aliphatic hydroxyl groups is 2. The van der Waals surface area contributed by atoms with Crippen LogP contribution in [0.1, 0.15) is 25.7 Å². The largest absolute Gasteiger partial charge is 0.460 e. The summed E-state index contributed by atoms with van der Waals surface area (Å²) < 4.78 is 20.0. The highest BCUT2D eigenvalue weighted by molar-refractivity contribution is 5.81. The minimum Gasteiger partial charge on any atom is -0.460 e. The van der Waals surface area contributed by atoms with Crippen LogP contribution in [0.5, 0.6) is 0 Å². The normalized spacial score (nSPS) is 12.8. The summed E-state index contributed by atoms with van der Waals surface area (Å²) >= 11 is 0. The van der Waals surface area contributed by atoms with Gasteiger partial charge in [0.15, 0.2) is 0 Å². The molecule has 0 aliphatic rings. The van der Waals surface area contributed by atoms with Gasteiger partial charge in [-0.2, -0.15) is 0 Å². The van der Waals surface area contributed by atoms with Crippen LogP contribution in [0.25, 0.3) is 0 Å². The average Bonchev–Trinajstić information content (AvgIpc) is 2.65. The van der Waals surface area contributed by atoms with Gasteiger partial charge in [-0.1, -0.05) is 26.0 Å². The van der Waals surface area contributed by atoms with Gasteiger partial charge in [0, 0.05) is 25.4 Å². The van der Waals surface area contributed by atoms with Crippen molar-refractivity contribution in [3.05, 3.63) is 25.3 Å². The molecule has 0 aliphatic carbocycles. The number of hydrogen-bond acceptors (Lipinski definition) is 8. The zero-order valence-electron chi connectivity index (χ0n) is 15.1. The van der Waals surface area contributed by atoms with E-state index in [9.17, 15) is 19.8 Å². The van der Waals surface area contributed by atoms with Gasteiger partial charge in [-0.15, -0.1) is 0 Å². The zero-order chi connectivity index (χ0) is 19.6. The van der Waals surface area contributed by atoms with E-state index in [2.05, 4.69) is 22.6 Å². The third-order valence-corrected chi connectivity index (χ3v) is 3.12. The van der Waals surface area contributed by atoms with E-state index in [1.807, 2.05) is 0 Å². The predicted molar refractivity (Wildman–Crippen MR) is 94.4 cm³/mol. The molecule has 0 bridgehead atoms. The molecule has 0 aromatic heterocycles. The van der Waals surface area contributed by atoms with Crippen molar-refractivity contribution < 1.29 is 38.7 Å². The topological polar surface area (TPSA) is 112 Å². The first kappa shape index (κ1) is 24.3. The molecule has 26 heavy (non-hydrogen) atoms. The van der Waals surface area contributed by atoms with Gasteiger partial charge in [0.25, 0.3) is 0 Å². The summed E-state index contributed by atoms with van der Waals surface area (Å²) in [5, 5.41) is 19.0. The van der Waals surface area contributed by atoms with Crippen LogP contribution in [-0.2, 0) is 28.5 Å². The van der Waals surface area contributed by atoms with Crippen molar-refractivity contribution >= 4 is 11.9 Å². The number of carbonyl (C=O) groups excluding carboxylic acids is 2. The molecule has 0 aliphatic heterocycles. The number of hydrogen-bond donors (Lipinski definition) is 2. The SMILES string of the molecule is C=CC(=O)OC[C@@H](O)COCCCCCCOC[C@H](O)COC(=O)C=C. The third kappa shape index (κ3) is 15.8. The molecule has 0 rings (SSSR count). The molecule has 0 radical (unpaired) electrons. The number of unbranched alkanes of at least 4 members (excludes halogenated alkanes) is 3. The fourth-order valence-corrected chi connectivity index (χ4v) is 1.77. The van der Waals surface area contributed by atoms with Crippen molar-refractivity contribution in [3.63, 3.8) is 0 Å². The summed E-state index contributed by atoms with van der Waals surface area (Å²) in [6, 6.07) is 0. The van der Waals surface area contributed by atoms with Gasteiger partial charge in [-0.25, -0.2) is 9.59 Å². The highest BCUT2D eigenvalue weighted by atomic mass is 16.6. The van der Waals surface area contributed by atoms with Crippen LogP contribution in [0, 0.1) is 0 Å². The van der Waals surface area contributed by atoms with Crippen LogP contribution < -0.4 is 0 Å². The van der Waals surface area contributed by atoms with Crippen LogP contribution in [0.3, 0.4) is 0 Å². The van der Waals surface area contributed by atoms with E-state index in [1.54, 1.807) is 0 Å². The van der Waals surface area contributed by atoms with Crippen LogP contribution in [0.2, 0.25) is 0 Å². The standard InChI is InChI=1S/C18H30O8/c1-3-17(21)25-13-15(19)11-23-9-7-5-6-8-10-24-12-16(20)14-26-18(22)4-2/h3-4,15-16,19-20H,1-2,5-14H2/t15-,16-/m0/s1. The van der Waals surface area contributed by atoms with E-state index in [1.165, 1.54) is 0 Å². The number of aliphatic hydroxyl groups excluding tert-OH is 2. The monoisotopic (exact) mass is 374 g/mol. The Labute approximate surface area is 154 Å². The molecule has 2 N–H and O–H groups in total. The molecule has 0 amide bonds. The molecule has 8 nitrogen and oxygen atoms in total. The van der Waals surface area contributed by atoms with E-state index in [-0.39, 0.29) is 26.4 Å². The Kier molecular flexibility index (Phi) is 15.6. The van der Waals surface area contributed by atoms with Crippen LogP contribution in [0.4, 0.5) is 0 Å². The van der Waals surface area contributed by atoms with E-state index in [0.29, 0.717) is 13.2 Å². The molecule has 0 aromatic carbocycles. The Balaban J connectivity index is 3.33. The second-order valence-corrected chi connectivity index (χ2v) is 5.54. The second kappa shape index (κ2) is 16.7. The predicted octanol–water partition coefficient (Wildman–Crippen LogP) is 0.760. The van der Waals surface area contributed by atoms with Crippen molar-refractivity contribution in [2.45, 2.75) is 37.9 Å². The molecule has 0 spiro atoms. The molecule has 2 atom stereocenters. The van der Waals surface area contributed by atoms with Crippen molar-refractivity contribution in [2.24, 2.45) is 0 Å². The molecular formula is C18H30O8. The van der Waals surface area contributed by atoms with Gasteiger partial charge < -0.3 is 29.2 Å². The molecule has 8 heteroatoms. The number of carbonyl (C=O) groups is 2. The molecule has 0 saturated heterocycles. The molecule has 0 aromatic rings. The average molecular weight is 374 g/mol. The van der Waals surface area contributed by atoms with Gasteiger partial charge in [-0.05, 0) is 12.8 Å². The van der Waals surface area contributed by atoms with Crippen LogP contribution in [0.15, 0.2) is 25.3 Å². The Morgan fingerprint density at radius 2 is 1.12 bits per heavy atom. The van der Waals surface area contributed by atoms with E-state index < -0.39 is 24.1 Å². The van der Waals surface area contributed by atoms with Crippen LogP contribution in [-0.4, -0.2) is 74.0 Å². The Hall–Kier alpha value is -1.74.